The van der Waals surface area contributed by atoms with Gasteiger partial charge in [-0.25, -0.2) is 0 Å². The molecule has 0 aromatic heterocycles. The monoisotopic (exact) mass is 295 g/mol. The molecule has 3 heteroatoms. The van der Waals surface area contributed by atoms with Crippen LogP contribution in [0, 0.1) is 6.92 Å². The highest BCUT2D eigenvalue weighted by Gasteiger charge is 2.61. The van der Waals surface area contributed by atoms with Gasteiger partial charge in [-0.15, -0.1) is 0 Å². The molecule has 0 N–H and O–H groups in total. The molecule has 1 spiro atoms. The first-order valence-corrected chi connectivity index (χ1v) is 8.13. The van der Waals surface area contributed by atoms with Crippen LogP contribution < -0.4 is 4.74 Å². The van der Waals surface area contributed by atoms with Gasteiger partial charge >= 0.3 is 0 Å². The molecular weight excluding hydrogens is 274 g/mol. The summed E-state index contributed by atoms with van der Waals surface area (Å²) in [5.74, 6) is 2.08. The highest BCUT2D eigenvalue weighted by Crippen LogP contribution is 2.61. The first kappa shape index (κ1) is 12.8. The molecule has 2 bridgehead atoms. The maximum Gasteiger partial charge on any atom is 0.169 e. The number of ether oxygens (including phenoxy) is 2. The molecule has 1 unspecified atom stereocenters. The average molecular weight is 295 g/mol. The van der Waals surface area contributed by atoms with Crippen molar-refractivity contribution in [2.45, 2.75) is 37.3 Å². The molecule has 22 heavy (non-hydrogen) atoms. The molecule has 3 atom stereocenters. The lowest BCUT2D eigenvalue weighted by molar-refractivity contribution is 0.0741. The summed E-state index contributed by atoms with van der Waals surface area (Å²) in [7, 11) is 4.01. The Morgan fingerprint density at radius 2 is 2.18 bits per heavy atom. The van der Waals surface area contributed by atoms with E-state index in [0.29, 0.717) is 6.04 Å². The van der Waals surface area contributed by atoms with E-state index in [9.17, 15) is 0 Å². The fraction of sp³-hybridized carbons (Fsp3) is 0.474. The van der Waals surface area contributed by atoms with Crippen LogP contribution in [-0.2, 0) is 16.6 Å². The summed E-state index contributed by atoms with van der Waals surface area (Å²) in [6.07, 6.45) is 6.65. The Kier molecular flexibility index (Phi) is 2.30. The number of piperidine rings is 1. The van der Waals surface area contributed by atoms with Crippen molar-refractivity contribution in [2.24, 2.45) is 0 Å². The van der Waals surface area contributed by atoms with Gasteiger partial charge in [-0.3, -0.25) is 4.90 Å². The van der Waals surface area contributed by atoms with Gasteiger partial charge in [-0.2, -0.15) is 0 Å². The highest BCUT2D eigenvalue weighted by molar-refractivity contribution is 5.65. The van der Waals surface area contributed by atoms with Gasteiger partial charge in [0, 0.05) is 11.6 Å². The fourth-order valence-electron chi connectivity index (χ4n) is 5.10. The zero-order chi connectivity index (χ0) is 15.1. The van der Waals surface area contributed by atoms with Crippen LogP contribution in [0.25, 0.3) is 0 Å². The Hall–Kier alpha value is -1.74. The first-order valence-electron chi connectivity index (χ1n) is 8.13. The van der Waals surface area contributed by atoms with Gasteiger partial charge in [-0.05, 0) is 56.1 Å². The van der Waals surface area contributed by atoms with Gasteiger partial charge in [0.05, 0.1) is 12.5 Å². The van der Waals surface area contributed by atoms with E-state index in [1.807, 2.05) is 0 Å². The molecule has 1 aromatic carbocycles. The van der Waals surface area contributed by atoms with Crippen LogP contribution in [0.5, 0.6) is 5.75 Å². The van der Waals surface area contributed by atoms with E-state index in [1.54, 1.807) is 7.11 Å². The highest BCUT2D eigenvalue weighted by atomic mass is 16.5. The SMILES string of the molecule is COC1=CC=C2C3Cc4ccc(C)c5c4[C@@]2(CCN3C)[C@H]1O5. The van der Waals surface area contributed by atoms with E-state index < -0.39 is 0 Å². The Labute approximate surface area is 131 Å². The van der Waals surface area contributed by atoms with E-state index in [0.717, 1.165) is 30.9 Å². The molecule has 1 saturated heterocycles. The molecule has 0 radical (unpaired) electrons. The standard InChI is InChI=1S/C19H21NO2/c1-11-4-5-12-10-14-13-6-7-15(21-3)18-19(13,8-9-20(14)2)16(12)17(11)22-18/h4-7,14,18H,8-10H2,1-3H3/t14?,18-,19-/m0/s1. The third-order valence-electron chi connectivity index (χ3n) is 6.17. The number of nitrogens with zero attached hydrogens (tertiary/aromatic N) is 1. The summed E-state index contributed by atoms with van der Waals surface area (Å²) in [6, 6.07) is 5.02. The van der Waals surface area contributed by atoms with Crippen LogP contribution in [0.3, 0.4) is 0 Å². The predicted octanol–water partition coefficient (Wildman–Crippen LogP) is 2.72. The van der Waals surface area contributed by atoms with Crippen LogP contribution in [0.2, 0.25) is 0 Å². The number of rotatable bonds is 1. The summed E-state index contributed by atoms with van der Waals surface area (Å²) < 4.78 is 12.2. The van der Waals surface area contributed by atoms with Crippen molar-refractivity contribution in [2.75, 3.05) is 20.7 Å². The summed E-state index contributed by atoms with van der Waals surface area (Å²) in [4.78, 5) is 2.50. The van der Waals surface area contributed by atoms with Gasteiger partial charge < -0.3 is 9.47 Å². The molecule has 0 saturated carbocycles. The molecule has 4 aliphatic rings. The maximum absolute atomic E-state index is 6.50. The van der Waals surface area contributed by atoms with Crippen LogP contribution in [0.1, 0.15) is 23.1 Å². The molecule has 2 aliphatic carbocycles. The Bertz CT molecular complexity index is 748. The third kappa shape index (κ3) is 1.24. The summed E-state index contributed by atoms with van der Waals surface area (Å²) in [6.45, 7) is 3.27. The molecule has 1 aromatic rings. The number of hydrogen-bond acceptors (Lipinski definition) is 3. The van der Waals surface area contributed by atoms with Crippen LogP contribution in [0.15, 0.2) is 35.6 Å². The molecule has 2 heterocycles. The zero-order valence-corrected chi connectivity index (χ0v) is 13.3. The minimum Gasteiger partial charge on any atom is -0.497 e. The van der Waals surface area contributed by atoms with Gasteiger partial charge in [0.1, 0.15) is 11.5 Å². The number of benzene rings is 1. The predicted molar refractivity (Wildman–Crippen MR) is 85.2 cm³/mol. The van der Waals surface area contributed by atoms with E-state index in [1.165, 1.54) is 22.3 Å². The van der Waals surface area contributed by atoms with Crippen molar-refractivity contribution in [1.29, 1.82) is 0 Å². The normalized spacial score (nSPS) is 34.5. The second-order valence-corrected chi connectivity index (χ2v) is 7.06. The second kappa shape index (κ2) is 3.96. The molecular formula is C19H21NO2. The van der Waals surface area contributed by atoms with Crippen molar-refractivity contribution in [3.05, 3.63) is 52.3 Å². The number of allylic oxidation sites excluding steroid dienone is 2. The minimum absolute atomic E-state index is 0.00616. The van der Waals surface area contributed by atoms with Gasteiger partial charge in [0.25, 0.3) is 0 Å². The molecule has 5 rings (SSSR count). The smallest absolute Gasteiger partial charge is 0.169 e. The topological polar surface area (TPSA) is 21.7 Å². The molecule has 3 nitrogen and oxygen atoms in total. The fourth-order valence-corrected chi connectivity index (χ4v) is 5.10. The maximum atomic E-state index is 6.50. The van der Waals surface area contributed by atoms with Gasteiger partial charge in [-0.1, -0.05) is 18.2 Å². The lowest BCUT2D eigenvalue weighted by Crippen LogP contribution is -2.58. The van der Waals surface area contributed by atoms with E-state index in [4.69, 9.17) is 9.47 Å². The Morgan fingerprint density at radius 1 is 1.32 bits per heavy atom. The number of hydrogen-bond donors (Lipinski definition) is 0. The lowest BCUT2D eigenvalue weighted by Gasteiger charge is -2.52. The molecule has 0 amide bonds. The second-order valence-electron chi connectivity index (χ2n) is 7.06. The summed E-state index contributed by atoms with van der Waals surface area (Å²) in [5, 5.41) is 0. The summed E-state index contributed by atoms with van der Waals surface area (Å²) >= 11 is 0. The van der Waals surface area contributed by atoms with Crippen LogP contribution in [-0.4, -0.2) is 37.7 Å². The molecule has 114 valence electrons. The van der Waals surface area contributed by atoms with Crippen LogP contribution in [0.4, 0.5) is 0 Å². The van der Waals surface area contributed by atoms with Gasteiger partial charge in [0.15, 0.2) is 6.10 Å². The number of likely N-dealkylation sites (N-methyl/N-ethyl adjacent to an activating group) is 1. The van der Waals surface area contributed by atoms with Crippen molar-refractivity contribution in [3.8, 4) is 5.75 Å². The minimum atomic E-state index is 0.00616. The Morgan fingerprint density at radius 3 is 3.00 bits per heavy atom. The van der Waals surface area contributed by atoms with Crippen molar-refractivity contribution in [1.82, 2.24) is 4.90 Å². The van der Waals surface area contributed by atoms with Crippen LogP contribution >= 0.6 is 0 Å². The average Bonchev–Trinajstić information content (AvgIpc) is 2.88. The Balaban J connectivity index is 1.86. The summed E-state index contributed by atoms with van der Waals surface area (Å²) in [5.41, 5.74) is 5.70. The quantitative estimate of drug-likeness (QED) is 0.795. The largest absolute Gasteiger partial charge is 0.497 e. The lowest BCUT2D eigenvalue weighted by atomic mass is 9.57. The van der Waals surface area contributed by atoms with E-state index in [2.05, 4.69) is 43.2 Å². The van der Waals surface area contributed by atoms with E-state index in [-0.39, 0.29) is 11.5 Å². The van der Waals surface area contributed by atoms with E-state index >= 15 is 0 Å². The molecule has 2 aliphatic heterocycles. The third-order valence-corrected chi connectivity index (χ3v) is 6.17. The van der Waals surface area contributed by atoms with Crippen molar-refractivity contribution >= 4 is 0 Å². The first-order chi connectivity index (χ1) is 10.7. The number of aryl methyl sites for hydroxylation is 1. The molecule has 1 fully saturated rings. The number of methoxy groups -OCH3 is 1. The zero-order valence-electron chi connectivity index (χ0n) is 13.3. The van der Waals surface area contributed by atoms with Crippen molar-refractivity contribution in [3.63, 3.8) is 0 Å². The number of likely N-dealkylation sites (tertiary alicyclic amines) is 1. The van der Waals surface area contributed by atoms with Gasteiger partial charge in [0.2, 0.25) is 0 Å². The van der Waals surface area contributed by atoms with Crippen molar-refractivity contribution < 1.29 is 9.47 Å².